The van der Waals surface area contributed by atoms with Crippen LogP contribution in [0.25, 0.3) is 0 Å². The molecule has 6 heteroatoms. The number of hydrogen-bond acceptors (Lipinski definition) is 3. The molecule has 0 aliphatic carbocycles. The molecule has 3 nitrogen and oxygen atoms in total. The largest absolute Gasteiger partial charge is 0.423 e. The summed E-state index contributed by atoms with van der Waals surface area (Å²) in [5.41, 5.74) is 3.63. The lowest BCUT2D eigenvalue weighted by atomic mass is 9.85. The van der Waals surface area contributed by atoms with E-state index in [1.165, 1.54) is 12.1 Å². The number of rotatable bonds is 2. The smallest absolute Gasteiger partial charge is 0.323 e. The highest BCUT2D eigenvalue weighted by Gasteiger charge is 2.35. The highest BCUT2D eigenvalue weighted by atomic mass is 35.5. The second-order valence-electron chi connectivity index (χ2n) is 6.23. The van der Waals surface area contributed by atoms with Gasteiger partial charge in [-0.2, -0.15) is 0 Å². The Morgan fingerprint density at radius 3 is 1.89 bits per heavy atom. The number of anilines is 2. The molecule has 1 heterocycles. The van der Waals surface area contributed by atoms with E-state index in [4.69, 9.17) is 39.5 Å². The Labute approximate surface area is 172 Å². The lowest BCUT2D eigenvalue weighted by Gasteiger charge is -2.34. The van der Waals surface area contributed by atoms with Crippen molar-refractivity contribution in [3.63, 3.8) is 0 Å². The van der Waals surface area contributed by atoms with Crippen LogP contribution >= 0.6 is 34.8 Å². The fraction of sp³-hybridized carbons (Fsp3) is 0.0952. The van der Waals surface area contributed by atoms with Gasteiger partial charge in [0.2, 0.25) is 0 Å². The van der Waals surface area contributed by atoms with Gasteiger partial charge in [0, 0.05) is 23.4 Å². The molecule has 3 aromatic rings. The highest BCUT2D eigenvalue weighted by Crippen LogP contribution is 2.46. The van der Waals surface area contributed by atoms with Gasteiger partial charge in [0.25, 0.3) is 0 Å². The number of ether oxygens (including phenoxy) is 1. The molecule has 0 atom stereocenters. The Morgan fingerprint density at radius 1 is 0.889 bits per heavy atom. The second kappa shape index (κ2) is 7.08. The van der Waals surface area contributed by atoms with Gasteiger partial charge in [-0.3, -0.25) is 4.79 Å². The molecule has 136 valence electrons. The Kier molecular flexibility index (Phi) is 4.77. The summed E-state index contributed by atoms with van der Waals surface area (Å²) in [4.78, 5) is 15.3. The zero-order valence-corrected chi connectivity index (χ0v) is 16.5. The van der Waals surface area contributed by atoms with Crippen LogP contribution in [0.15, 0.2) is 60.7 Å². The van der Waals surface area contributed by atoms with Crippen molar-refractivity contribution in [1.82, 2.24) is 0 Å². The fourth-order valence-corrected chi connectivity index (χ4v) is 4.31. The maximum absolute atomic E-state index is 13.2. The highest BCUT2D eigenvalue weighted by molar-refractivity contribution is 6.40. The van der Waals surface area contributed by atoms with Crippen molar-refractivity contribution in [2.75, 3.05) is 11.9 Å². The number of halogens is 3. The van der Waals surface area contributed by atoms with Gasteiger partial charge in [-0.15, -0.1) is 0 Å². The third kappa shape index (κ3) is 3.16. The first-order valence-electron chi connectivity index (χ1n) is 8.25. The van der Waals surface area contributed by atoms with E-state index in [9.17, 15) is 4.79 Å². The summed E-state index contributed by atoms with van der Waals surface area (Å²) in [5, 5.41) is 0.755. The molecule has 0 saturated heterocycles. The molecule has 0 unspecified atom stereocenters. The first kappa shape index (κ1) is 18.2. The minimum absolute atomic E-state index is 0.113. The van der Waals surface area contributed by atoms with Gasteiger partial charge in [0.05, 0.1) is 10.0 Å². The van der Waals surface area contributed by atoms with Crippen molar-refractivity contribution in [1.29, 1.82) is 0 Å². The Balaban J connectivity index is 1.80. The lowest BCUT2D eigenvalue weighted by Crippen LogP contribution is -2.28. The molecule has 27 heavy (non-hydrogen) atoms. The van der Waals surface area contributed by atoms with Crippen LogP contribution in [0, 0.1) is 0 Å². The van der Waals surface area contributed by atoms with E-state index in [2.05, 4.69) is 4.90 Å². The van der Waals surface area contributed by atoms with Crippen molar-refractivity contribution in [2.24, 2.45) is 0 Å². The molecule has 0 saturated carbocycles. The maximum atomic E-state index is 13.2. The predicted octanol–water partition coefficient (Wildman–Crippen LogP) is 6.47. The van der Waals surface area contributed by atoms with Gasteiger partial charge in [-0.05, 0) is 35.4 Å². The fourth-order valence-electron chi connectivity index (χ4n) is 3.41. The van der Waals surface area contributed by atoms with Crippen LogP contribution in [-0.4, -0.2) is 13.0 Å². The first-order chi connectivity index (χ1) is 13.0. The molecule has 0 spiro atoms. The van der Waals surface area contributed by atoms with Crippen molar-refractivity contribution >= 4 is 52.1 Å². The number of hydrogen-bond donors (Lipinski definition) is 0. The van der Waals surface area contributed by atoms with Crippen molar-refractivity contribution < 1.29 is 9.53 Å². The number of para-hydroxylation sites is 2. The van der Waals surface area contributed by atoms with Gasteiger partial charge >= 0.3 is 5.97 Å². The van der Waals surface area contributed by atoms with E-state index >= 15 is 0 Å². The van der Waals surface area contributed by atoms with Crippen LogP contribution in [0.3, 0.4) is 0 Å². The molecular formula is C21H14Cl3NO2. The van der Waals surface area contributed by atoms with Crippen molar-refractivity contribution in [3.8, 4) is 5.75 Å². The van der Waals surface area contributed by atoms with E-state index in [1.54, 1.807) is 0 Å². The second-order valence-corrected chi connectivity index (χ2v) is 7.48. The normalized spacial score (nSPS) is 13.1. The van der Waals surface area contributed by atoms with Gasteiger partial charge in [-0.25, -0.2) is 0 Å². The van der Waals surface area contributed by atoms with Crippen molar-refractivity contribution in [3.05, 3.63) is 86.9 Å². The quantitative estimate of drug-likeness (QED) is 0.353. The minimum atomic E-state index is -0.587. The Morgan fingerprint density at radius 2 is 1.37 bits per heavy atom. The molecule has 0 N–H and O–H groups in total. The molecule has 0 radical (unpaired) electrons. The van der Waals surface area contributed by atoms with Gasteiger partial charge < -0.3 is 9.64 Å². The SMILES string of the molecule is CN1c2ccccc2C(C(=O)Oc2c(Cl)cc(Cl)cc2Cl)c2ccccc21. The monoisotopic (exact) mass is 417 g/mol. The lowest BCUT2D eigenvalue weighted by molar-refractivity contribution is -0.135. The summed E-state index contributed by atoms with van der Waals surface area (Å²) in [6, 6.07) is 18.5. The number of fused-ring (bicyclic) bond motifs is 2. The Bertz CT molecular complexity index is 981. The summed E-state index contributed by atoms with van der Waals surface area (Å²) in [6.45, 7) is 0. The summed E-state index contributed by atoms with van der Waals surface area (Å²) >= 11 is 18.3. The van der Waals surface area contributed by atoms with Gasteiger partial charge in [-0.1, -0.05) is 71.2 Å². The van der Waals surface area contributed by atoms with Crippen LogP contribution in [0.4, 0.5) is 11.4 Å². The molecule has 0 amide bonds. The van der Waals surface area contributed by atoms with E-state index in [0.717, 1.165) is 22.5 Å². The number of nitrogens with zero attached hydrogens (tertiary/aromatic N) is 1. The number of carbonyl (C=O) groups is 1. The summed E-state index contributed by atoms with van der Waals surface area (Å²) in [5.74, 6) is -0.924. The third-order valence-electron chi connectivity index (χ3n) is 4.62. The first-order valence-corrected chi connectivity index (χ1v) is 9.38. The average molecular weight is 419 g/mol. The van der Waals surface area contributed by atoms with E-state index in [0.29, 0.717) is 5.02 Å². The van der Waals surface area contributed by atoms with Crippen LogP contribution in [-0.2, 0) is 4.79 Å². The predicted molar refractivity (Wildman–Crippen MR) is 110 cm³/mol. The minimum Gasteiger partial charge on any atom is -0.423 e. The molecular weight excluding hydrogens is 405 g/mol. The number of benzene rings is 3. The van der Waals surface area contributed by atoms with E-state index < -0.39 is 11.9 Å². The molecule has 1 aliphatic rings. The van der Waals surface area contributed by atoms with E-state index in [1.807, 2.05) is 55.6 Å². The van der Waals surface area contributed by atoms with Crippen LogP contribution in [0.2, 0.25) is 15.1 Å². The van der Waals surface area contributed by atoms with Crippen LogP contribution in [0.1, 0.15) is 17.0 Å². The van der Waals surface area contributed by atoms with Crippen molar-refractivity contribution in [2.45, 2.75) is 5.92 Å². The van der Waals surface area contributed by atoms with Gasteiger partial charge in [0.1, 0.15) is 5.92 Å². The van der Waals surface area contributed by atoms with Crippen LogP contribution < -0.4 is 9.64 Å². The van der Waals surface area contributed by atoms with E-state index in [-0.39, 0.29) is 15.8 Å². The average Bonchev–Trinajstić information content (AvgIpc) is 2.65. The topological polar surface area (TPSA) is 29.5 Å². The number of esters is 1. The summed E-state index contributed by atoms with van der Waals surface area (Å²) < 4.78 is 5.64. The number of carbonyl (C=O) groups excluding carboxylic acids is 1. The molecule has 4 rings (SSSR count). The maximum Gasteiger partial charge on any atom is 0.323 e. The standard InChI is InChI=1S/C21H14Cl3NO2/c1-25-17-8-4-2-6-13(17)19(14-7-3-5-9-18(14)25)21(26)27-20-15(23)10-12(22)11-16(20)24/h2-11,19H,1H3. The summed E-state index contributed by atoms with van der Waals surface area (Å²) in [7, 11) is 1.98. The molecule has 0 bridgehead atoms. The third-order valence-corrected chi connectivity index (χ3v) is 5.40. The Hall–Kier alpha value is -2.20. The van der Waals surface area contributed by atoms with Gasteiger partial charge in [0.15, 0.2) is 5.75 Å². The van der Waals surface area contributed by atoms with Crippen LogP contribution in [0.5, 0.6) is 5.75 Å². The molecule has 3 aromatic carbocycles. The molecule has 0 aromatic heterocycles. The zero-order chi connectivity index (χ0) is 19.1. The molecule has 1 aliphatic heterocycles. The molecule has 0 fully saturated rings. The summed E-state index contributed by atoms with van der Waals surface area (Å²) in [6.07, 6.45) is 0. The zero-order valence-electron chi connectivity index (χ0n) is 14.2.